The van der Waals surface area contributed by atoms with Crippen LogP contribution in [0.25, 0.3) is 11.3 Å². The molecular formula is C25H19Cl2N3O3S2. The molecular weight excluding hydrogens is 525 g/mol. The highest BCUT2D eigenvalue weighted by Gasteiger charge is 2.28. The van der Waals surface area contributed by atoms with Crippen LogP contribution in [-0.2, 0) is 23.0 Å². The quantitative estimate of drug-likeness (QED) is 0.329. The Morgan fingerprint density at radius 2 is 1.74 bits per heavy atom. The highest BCUT2D eigenvalue weighted by atomic mass is 35.5. The Hall–Kier alpha value is -2.75. The molecule has 5 rings (SSSR count). The van der Waals surface area contributed by atoms with Crippen molar-refractivity contribution in [3.8, 4) is 11.3 Å². The molecule has 10 heteroatoms. The summed E-state index contributed by atoms with van der Waals surface area (Å²) in [5, 5.41) is 5.94. The van der Waals surface area contributed by atoms with Crippen molar-refractivity contribution >= 4 is 55.6 Å². The van der Waals surface area contributed by atoms with Crippen molar-refractivity contribution in [3.63, 3.8) is 0 Å². The third-order valence-corrected chi connectivity index (χ3v) is 8.95. The van der Waals surface area contributed by atoms with Crippen molar-refractivity contribution in [1.82, 2.24) is 9.29 Å². The van der Waals surface area contributed by atoms with Gasteiger partial charge in [0.05, 0.1) is 15.6 Å². The van der Waals surface area contributed by atoms with Crippen LogP contribution in [0, 0.1) is 0 Å². The van der Waals surface area contributed by atoms with Crippen molar-refractivity contribution < 1.29 is 13.2 Å². The normalized spacial score (nSPS) is 13.9. The summed E-state index contributed by atoms with van der Waals surface area (Å²) >= 11 is 13.5. The number of hydrogen-bond acceptors (Lipinski definition) is 5. The zero-order valence-electron chi connectivity index (χ0n) is 18.2. The van der Waals surface area contributed by atoms with Gasteiger partial charge in [-0.3, -0.25) is 10.1 Å². The number of nitrogens with zero attached hydrogens (tertiary/aromatic N) is 2. The second-order valence-corrected chi connectivity index (χ2v) is 11.6. The lowest BCUT2D eigenvalue weighted by Crippen LogP contribution is -2.35. The number of nitrogens with one attached hydrogen (secondary N) is 1. The molecule has 0 unspecified atom stereocenters. The summed E-state index contributed by atoms with van der Waals surface area (Å²) in [6.07, 6.45) is 0.674. The fourth-order valence-electron chi connectivity index (χ4n) is 3.92. The molecule has 0 fully saturated rings. The van der Waals surface area contributed by atoms with Gasteiger partial charge in [0.1, 0.15) is 0 Å². The van der Waals surface area contributed by atoms with Crippen molar-refractivity contribution in [3.05, 3.63) is 98.8 Å². The molecule has 178 valence electrons. The zero-order valence-corrected chi connectivity index (χ0v) is 21.4. The van der Waals surface area contributed by atoms with Gasteiger partial charge in [0.25, 0.3) is 5.91 Å². The maximum Gasteiger partial charge on any atom is 0.257 e. The first-order chi connectivity index (χ1) is 16.8. The summed E-state index contributed by atoms with van der Waals surface area (Å²) in [6.45, 7) is 0.760. The number of anilines is 1. The van der Waals surface area contributed by atoms with Gasteiger partial charge in [0.15, 0.2) is 5.13 Å². The van der Waals surface area contributed by atoms with Crippen LogP contribution in [0.4, 0.5) is 5.13 Å². The fourth-order valence-corrected chi connectivity index (χ4v) is 6.55. The Labute approximate surface area is 217 Å². The van der Waals surface area contributed by atoms with Crippen LogP contribution < -0.4 is 5.32 Å². The van der Waals surface area contributed by atoms with Crippen LogP contribution in [-0.4, -0.2) is 30.2 Å². The summed E-state index contributed by atoms with van der Waals surface area (Å²) in [7, 11) is -3.67. The molecule has 2 heterocycles. The number of rotatable bonds is 5. The first-order valence-electron chi connectivity index (χ1n) is 10.7. The Bertz CT molecular complexity index is 1520. The zero-order chi connectivity index (χ0) is 24.6. The van der Waals surface area contributed by atoms with E-state index >= 15 is 0 Å². The average molecular weight is 544 g/mol. The standard InChI is InChI=1S/C25H19Cl2N3O3S2/c26-19-7-10-21(22(27)13-19)23-15-34-25(28-23)29-24(31)17-5-8-20(9-6-17)35(32,33)30-12-11-16-3-1-2-4-18(16)14-30/h1-10,13,15H,11-12,14H2,(H,28,29,31). The van der Waals surface area contributed by atoms with E-state index in [4.69, 9.17) is 23.2 Å². The minimum atomic E-state index is -3.67. The van der Waals surface area contributed by atoms with Crippen molar-refractivity contribution in [1.29, 1.82) is 0 Å². The maximum absolute atomic E-state index is 13.2. The molecule has 0 radical (unpaired) electrons. The van der Waals surface area contributed by atoms with Gasteiger partial charge in [0, 0.05) is 34.6 Å². The van der Waals surface area contributed by atoms with E-state index in [-0.39, 0.29) is 10.8 Å². The molecule has 0 aliphatic carbocycles. The molecule has 3 aromatic carbocycles. The molecule has 0 spiro atoms. The summed E-state index contributed by atoms with van der Waals surface area (Å²) < 4.78 is 27.8. The second kappa shape index (κ2) is 9.72. The first kappa shape index (κ1) is 24.0. The Morgan fingerprint density at radius 3 is 2.49 bits per heavy atom. The molecule has 1 aliphatic heterocycles. The SMILES string of the molecule is O=C(Nc1nc(-c2ccc(Cl)cc2Cl)cs1)c1ccc(S(=O)(=O)N2CCc3ccccc3C2)cc1. The van der Waals surface area contributed by atoms with Gasteiger partial charge >= 0.3 is 0 Å². The number of thiazole rings is 1. The number of amides is 1. The topological polar surface area (TPSA) is 79.4 Å². The number of aromatic nitrogens is 1. The first-order valence-corrected chi connectivity index (χ1v) is 13.8. The monoisotopic (exact) mass is 543 g/mol. The van der Waals surface area contributed by atoms with E-state index in [0.29, 0.717) is 51.5 Å². The van der Waals surface area contributed by atoms with Crippen LogP contribution in [0.15, 0.2) is 77.0 Å². The van der Waals surface area contributed by atoms with Gasteiger partial charge in [-0.2, -0.15) is 4.31 Å². The Kier molecular flexibility index (Phi) is 6.65. The van der Waals surface area contributed by atoms with E-state index in [2.05, 4.69) is 10.3 Å². The van der Waals surface area contributed by atoms with E-state index in [1.165, 1.54) is 45.5 Å². The Morgan fingerprint density at radius 1 is 1.00 bits per heavy atom. The highest BCUT2D eigenvalue weighted by Crippen LogP contribution is 2.32. The lowest BCUT2D eigenvalue weighted by atomic mass is 10.0. The summed E-state index contributed by atoms with van der Waals surface area (Å²) in [5.41, 5.74) is 3.85. The molecule has 0 bridgehead atoms. The molecule has 1 aliphatic rings. The third kappa shape index (κ3) is 4.98. The largest absolute Gasteiger partial charge is 0.298 e. The predicted octanol–water partition coefficient (Wildman–Crippen LogP) is 6.12. The Balaban J connectivity index is 1.28. The van der Waals surface area contributed by atoms with Crippen LogP contribution in [0.3, 0.4) is 0 Å². The van der Waals surface area contributed by atoms with Crippen LogP contribution in [0.2, 0.25) is 10.0 Å². The van der Waals surface area contributed by atoms with E-state index in [9.17, 15) is 13.2 Å². The molecule has 0 saturated heterocycles. The molecule has 35 heavy (non-hydrogen) atoms. The number of fused-ring (bicyclic) bond motifs is 1. The summed E-state index contributed by atoms with van der Waals surface area (Å²) in [4.78, 5) is 17.3. The van der Waals surface area contributed by atoms with Gasteiger partial charge in [-0.25, -0.2) is 13.4 Å². The van der Waals surface area contributed by atoms with Crippen LogP contribution in [0.5, 0.6) is 0 Å². The highest BCUT2D eigenvalue weighted by molar-refractivity contribution is 7.89. The van der Waals surface area contributed by atoms with E-state index < -0.39 is 10.0 Å². The molecule has 0 saturated carbocycles. The predicted molar refractivity (Wildman–Crippen MR) is 140 cm³/mol. The molecule has 6 nitrogen and oxygen atoms in total. The lowest BCUT2D eigenvalue weighted by molar-refractivity contribution is 0.102. The lowest BCUT2D eigenvalue weighted by Gasteiger charge is -2.28. The number of halogens is 2. The maximum atomic E-state index is 13.2. The average Bonchev–Trinajstić information content (AvgIpc) is 3.31. The van der Waals surface area contributed by atoms with Gasteiger partial charge in [0.2, 0.25) is 10.0 Å². The van der Waals surface area contributed by atoms with Crippen LogP contribution >= 0.6 is 34.5 Å². The van der Waals surface area contributed by atoms with Crippen molar-refractivity contribution in [2.75, 3.05) is 11.9 Å². The number of sulfonamides is 1. The smallest absolute Gasteiger partial charge is 0.257 e. The van der Waals surface area contributed by atoms with Crippen molar-refractivity contribution in [2.24, 2.45) is 0 Å². The molecule has 1 N–H and O–H groups in total. The van der Waals surface area contributed by atoms with Gasteiger partial charge < -0.3 is 0 Å². The third-order valence-electron chi connectivity index (χ3n) is 5.78. The van der Waals surface area contributed by atoms with Gasteiger partial charge in [-0.1, -0.05) is 47.5 Å². The number of benzene rings is 3. The summed E-state index contributed by atoms with van der Waals surface area (Å²) in [6, 6.07) is 18.9. The number of carbonyl (C=O) groups is 1. The van der Waals surface area contributed by atoms with E-state index in [0.717, 1.165) is 5.56 Å². The second-order valence-electron chi connectivity index (χ2n) is 8.00. The molecule has 0 atom stereocenters. The number of carbonyl (C=O) groups excluding carboxylic acids is 1. The minimum absolute atomic E-state index is 0.155. The van der Waals surface area contributed by atoms with E-state index in [1.54, 1.807) is 23.6 Å². The fraction of sp³-hybridized carbons (Fsp3) is 0.120. The minimum Gasteiger partial charge on any atom is -0.298 e. The van der Waals surface area contributed by atoms with Crippen LogP contribution in [0.1, 0.15) is 21.5 Å². The van der Waals surface area contributed by atoms with Crippen molar-refractivity contribution in [2.45, 2.75) is 17.9 Å². The van der Waals surface area contributed by atoms with E-state index in [1.807, 2.05) is 24.3 Å². The number of hydrogen-bond donors (Lipinski definition) is 1. The van der Waals surface area contributed by atoms with Gasteiger partial charge in [-0.15, -0.1) is 11.3 Å². The summed E-state index contributed by atoms with van der Waals surface area (Å²) in [5.74, 6) is -0.385. The molecule has 1 aromatic heterocycles. The van der Waals surface area contributed by atoms with Gasteiger partial charge in [-0.05, 0) is 60.0 Å². The molecule has 4 aromatic rings. The molecule has 1 amide bonds.